The van der Waals surface area contributed by atoms with Gasteiger partial charge in [0.25, 0.3) is 5.91 Å². The summed E-state index contributed by atoms with van der Waals surface area (Å²) in [6.45, 7) is 6.03. The van der Waals surface area contributed by atoms with Crippen LogP contribution >= 0.6 is 11.6 Å². The fraction of sp³-hybridized carbons (Fsp3) is 0.303. The fourth-order valence-electron chi connectivity index (χ4n) is 4.99. The molecule has 3 aromatic carbocycles. The highest BCUT2D eigenvalue weighted by Gasteiger charge is 2.39. The van der Waals surface area contributed by atoms with Gasteiger partial charge in [0.15, 0.2) is 0 Å². The van der Waals surface area contributed by atoms with E-state index in [2.05, 4.69) is 17.4 Å². The van der Waals surface area contributed by atoms with Gasteiger partial charge in [-0.05, 0) is 74.6 Å². The summed E-state index contributed by atoms with van der Waals surface area (Å²) in [5.41, 5.74) is 3.99. The summed E-state index contributed by atoms with van der Waals surface area (Å²) in [6, 6.07) is 23.5. The molecule has 3 aromatic rings. The summed E-state index contributed by atoms with van der Waals surface area (Å²) in [7, 11) is 1.80. The maximum Gasteiger partial charge on any atom is 0.338 e. The van der Waals surface area contributed by atoms with E-state index in [1.165, 1.54) is 5.56 Å². The Hall–Kier alpha value is -4.10. The van der Waals surface area contributed by atoms with Crippen LogP contribution in [-0.2, 0) is 22.5 Å². The first kappa shape index (κ1) is 29.9. The highest BCUT2D eigenvalue weighted by atomic mass is 35.5. The Bertz CT molecular complexity index is 1440. The number of amides is 3. The summed E-state index contributed by atoms with van der Waals surface area (Å²) >= 11 is 6.32. The third-order valence-electron chi connectivity index (χ3n) is 6.95. The van der Waals surface area contributed by atoms with Gasteiger partial charge in [-0.2, -0.15) is 0 Å². The predicted molar refractivity (Wildman–Crippen MR) is 160 cm³/mol. The lowest BCUT2D eigenvalue weighted by molar-refractivity contribution is -0.143. The summed E-state index contributed by atoms with van der Waals surface area (Å²) < 4.78 is 5.56. The molecule has 4 rings (SSSR count). The number of nitrogens with one attached hydrogen (secondary N) is 1. The monoisotopic (exact) mass is 573 g/mol. The molecule has 1 aliphatic rings. The Labute approximate surface area is 246 Å². The summed E-state index contributed by atoms with van der Waals surface area (Å²) in [6.07, 6.45) is 1.41. The minimum absolute atomic E-state index is 0.0914. The van der Waals surface area contributed by atoms with Crippen molar-refractivity contribution >= 4 is 29.5 Å². The zero-order valence-electron chi connectivity index (χ0n) is 23.9. The Kier molecular flexibility index (Phi) is 9.84. The van der Waals surface area contributed by atoms with Crippen LogP contribution in [0.1, 0.15) is 60.3 Å². The average Bonchev–Trinajstić information content (AvgIpc) is 2.94. The fourth-order valence-corrected chi connectivity index (χ4v) is 5.19. The number of nitrogens with zero attached hydrogens (tertiary/aromatic N) is 2. The van der Waals surface area contributed by atoms with Crippen LogP contribution in [0, 0.1) is 0 Å². The molecule has 41 heavy (non-hydrogen) atoms. The third-order valence-corrected chi connectivity index (χ3v) is 7.18. The second-order valence-electron chi connectivity index (χ2n) is 10.5. The molecule has 1 N–H and O–H groups in total. The van der Waals surface area contributed by atoms with E-state index >= 15 is 0 Å². The molecule has 1 heterocycles. The normalized spacial score (nSPS) is 15.1. The van der Waals surface area contributed by atoms with Gasteiger partial charge in [-0.1, -0.05) is 66.2 Å². The van der Waals surface area contributed by atoms with Crippen LogP contribution in [0.3, 0.4) is 0 Å². The van der Waals surface area contributed by atoms with Crippen molar-refractivity contribution in [2.45, 2.75) is 52.3 Å². The second-order valence-corrected chi connectivity index (χ2v) is 11.0. The first-order chi connectivity index (χ1) is 19.6. The standard InChI is InChI=1S/C33H36ClN3O4/c1-22(2)41-32(39)29-23(3)35-33(40)37(30(29)26-15-9-17-28(34)20-26)21-25-13-8-16-27(19-25)31(38)36(4)18-10-14-24-11-6-5-7-12-24/h5-9,11-13,15-17,19-20,22,30H,10,14,18,21H2,1-4H3,(H,35,40). The van der Waals surface area contributed by atoms with E-state index in [1.54, 1.807) is 68.0 Å². The molecule has 0 spiro atoms. The number of rotatable bonds is 10. The van der Waals surface area contributed by atoms with Gasteiger partial charge >= 0.3 is 12.0 Å². The number of allylic oxidation sites excluding steroid dienone is 1. The number of benzene rings is 3. The predicted octanol–water partition coefficient (Wildman–Crippen LogP) is 6.54. The van der Waals surface area contributed by atoms with Crippen molar-refractivity contribution in [2.75, 3.05) is 13.6 Å². The van der Waals surface area contributed by atoms with Crippen LogP contribution in [-0.4, -0.2) is 47.4 Å². The molecule has 0 saturated heterocycles. The zero-order valence-corrected chi connectivity index (χ0v) is 24.6. The quantitative estimate of drug-likeness (QED) is 0.279. The van der Waals surface area contributed by atoms with E-state index in [1.807, 2.05) is 36.4 Å². The molecule has 0 bridgehead atoms. The molecule has 214 valence electrons. The van der Waals surface area contributed by atoms with Gasteiger partial charge in [-0.3, -0.25) is 4.79 Å². The lowest BCUT2D eigenvalue weighted by Gasteiger charge is -2.38. The van der Waals surface area contributed by atoms with E-state index in [4.69, 9.17) is 16.3 Å². The van der Waals surface area contributed by atoms with Crippen molar-refractivity contribution in [3.8, 4) is 0 Å². The van der Waals surface area contributed by atoms with Gasteiger partial charge in [0.05, 0.1) is 17.7 Å². The third kappa shape index (κ3) is 7.55. The van der Waals surface area contributed by atoms with Crippen LogP contribution in [0.15, 0.2) is 90.1 Å². The number of hydrogen-bond acceptors (Lipinski definition) is 4. The van der Waals surface area contributed by atoms with E-state index in [0.29, 0.717) is 34.0 Å². The topological polar surface area (TPSA) is 79.0 Å². The second kappa shape index (κ2) is 13.5. The molecule has 0 saturated carbocycles. The van der Waals surface area contributed by atoms with E-state index < -0.39 is 12.0 Å². The Morgan fingerprint density at radius 1 is 1.00 bits per heavy atom. The number of carbonyl (C=O) groups is 3. The molecule has 0 aliphatic carbocycles. The molecule has 7 nitrogen and oxygen atoms in total. The van der Waals surface area contributed by atoms with Gasteiger partial charge in [0.1, 0.15) is 0 Å². The van der Waals surface area contributed by atoms with Crippen molar-refractivity contribution in [3.63, 3.8) is 0 Å². The van der Waals surface area contributed by atoms with Gasteiger partial charge in [0, 0.05) is 36.4 Å². The van der Waals surface area contributed by atoms with Gasteiger partial charge in [-0.15, -0.1) is 0 Å². The van der Waals surface area contributed by atoms with Crippen LogP contribution < -0.4 is 5.32 Å². The van der Waals surface area contributed by atoms with Crippen LogP contribution in [0.4, 0.5) is 4.79 Å². The van der Waals surface area contributed by atoms with Crippen molar-refractivity contribution < 1.29 is 19.1 Å². The lowest BCUT2D eigenvalue weighted by Crippen LogP contribution is -2.48. The molecule has 3 amide bonds. The van der Waals surface area contributed by atoms with Crippen LogP contribution in [0.5, 0.6) is 0 Å². The molecule has 1 aliphatic heterocycles. The molecule has 0 aromatic heterocycles. The lowest BCUT2D eigenvalue weighted by atomic mass is 9.93. The number of ether oxygens (including phenoxy) is 1. The molecule has 1 unspecified atom stereocenters. The Morgan fingerprint density at radius 3 is 2.41 bits per heavy atom. The van der Waals surface area contributed by atoms with E-state index in [-0.39, 0.29) is 24.6 Å². The number of urea groups is 1. The number of aryl methyl sites for hydroxylation is 1. The SMILES string of the molecule is CC1=C(C(=O)OC(C)C)C(c2cccc(Cl)c2)N(Cc2cccc(C(=O)N(C)CCCc3ccccc3)c2)C(=O)N1. The number of hydrogen-bond donors (Lipinski definition) is 1. The molecular formula is C33H36ClN3O4. The molecule has 1 atom stereocenters. The Morgan fingerprint density at radius 2 is 1.71 bits per heavy atom. The highest BCUT2D eigenvalue weighted by molar-refractivity contribution is 6.30. The van der Waals surface area contributed by atoms with Crippen molar-refractivity contribution in [3.05, 3.63) is 117 Å². The van der Waals surface area contributed by atoms with Crippen molar-refractivity contribution in [1.82, 2.24) is 15.1 Å². The van der Waals surface area contributed by atoms with Crippen molar-refractivity contribution in [2.24, 2.45) is 0 Å². The van der Waals surface area contributed by atoms with Crippen LogP contribution in [0.25, 0.3) is 0 Å². The van der Waals surface area contributed by atoms with E-state index in [0.717, 1.165) is 18.4 Å². The highest BCUT2D eigenvalue weighted by Crippen LogP contribution is 2.36. The smallest absolute Gasteiger partial charge is 0.338 e. The van der Waals surface area contributed by atoms with Gasteiger partial charge < -0.3 is 19.9 Å². The molecule has 0 radical (unpaired) electrons. The number of halogens is 1. The maximum absolute atomic E-state index is 13.4. The summed E-state index contributed by atoms with van der Waals surface area (Å²) in [4.78, 5) is 43.1. The molecule has 8 heteroatoms. The van der Waals surface area contributed by atoms with Gasteiger partial charge in [-0.25, -0.2) is 9.59 Å². The summed E-state index contributed by atoms with van der Waals surface area (Å²) in [5.74, 6) is -0.597. The average molecular weight is 574 g/mol. The molecule has 0 fully saturated rings. The van der Waals surface area contributed by atoms with E-state index in [9.17, 15) is 14.4 Å². The minimum atomic E-state index is -0.728. The van der Waals surface area contributed by atoms with Gasteiger partial charge in [0.2, 0.25) is 0 Å². The zero-order chi connectivity index (χ0) is 29.5. The Balaban J connectivity index is 1.56. The number of esters is 1. The molecular weight excluding hydrogens is 538 g/mol. The minimum Gasteiger partial charge on any atom is -0.459 e. The largest absolute Gasteiger partial charge is 0.459 e. The maximum atomic E-state index is 13.4. The number of carbonyl (C=O) groups excluding carboxylic acids is 3. The first-order valence-electron chi connectivity index (χ1n) is 13.8. The van der Waals surface area contributed by atoms with Crippen molar-refractivity contribution in [1.29, 1.82) is 0 Å². The first-order valence-corrected chi connectivity index (χ1v) is 14.1. The van der Waals surface area contributed by atoms with Crippen LogP contribution in [0.2, 0.25) is 5.02 Å². The summed E-state index contributed by atoms with van der Waals surface area (Å²) in [5, 5.41) is 3.31.